The molecule has 2 fully saturated rings. The standard InChI is InChI=1S/C29H27F2N5O4S/c30-21-3-4-26(40-16-19-2-1-17(13-32)11-22(19)31)34-27(21)18-5-8-35(9-6-18)15-25-33-28-23(12-24(41-28)29(37)38)36(25)14-20-7-10-39-20/h1-4,11-12,18,20H,5-10,14-16H2,(H,37,38). The predicted molar refractivity (Wildman–Crippen MR) is 146 cm³/mol. The van der Waals surface area contributed by atoms with Crippen LogP contribution < -0.4 is 4.74 Å². The molecule has 9 nitrogen and oxygen atoms in total. The molecule has 0 saturated carbocycles. The van der Waals surface area contributed by atoms with Gasteiger partial charge in [0.25, 0.3) is 0 Å². The van der Waals surface area contributed by atoms with E-state index in [1.807, 2.05) is 6.07 Å². The van der Waals surface area contributed by atoms with Crippen molar-refractivity contribution in [3.05, 3.63) is 75.6 Å². The highest BCUT2D eigenvalue weighted by atomic mass is 32.1. The van der Waals surface area contributed by atoms with Gasteiger partial charge in [-0.25, -0.2) is 23.5 Å². The fourth-order valence-corrected chi connectivity index (χ4v) is 6.17. The summed E-state index contributed by atoms with van der Waals surface area (Å²) in [5.41, 5.74) is 1.67. The zero-order valence-corrected chi connectivity index (χ0v) is 22.9. The van der Waals surface area contributed by atoms with Gasteiger partial charge in [0.2, 0.25) is 5.88 Å². The molecule has 2 aliphatic rings. The molecule has 1 aromatic carbocycles. The Hall–Kier alpha value is -3.92. The molecule has 3 aromatic heterocycles. The van der Waals surface area contributed by atoms with Gasteiger partial charge in [-0.05, 0) is 56.6 Å². The number of rotatable bonds is 9. The number of piperidine rings is 1. The van der Waals surface area contributed by atoms with Crippen molar-refractivity contribution >= 4 is 27.7 Å². The Labute approximate surface area is 238 Å². The molecule has 2 aliphatic heterocycles. The summed E-state index contributed by atoms with van der Waals surface area (Å²) in [6.45, 7) is 3.31. The number of benzene rings is 1. The summed E-state index contributed by atoms with van der Waals surface area (Å²) in [5, 5.41) is 18.3. The fraction of sp³-hybridized carbons (Fsp3) is 0.379. The molecule has 0 bridgehead atoms. The number of aromatic nitrogens is 3. The van der Waals surface area contributed by atoms with Crippen LogP contribution in [0.3, 0.4) is 0 Å². The number of hydrogen-bond acceptors (Lipinski definition) is 8. The van der Waals surface area contributed by atoms with Gasteiger partial charge in [0.15, 0.2) is 0 Å². The van der Waals surface area contributed by atoms with E-state index < -0.39 is 17.6 Å². The molecule has 4 aromatic rings. The number of aromatic carboxylic acids is 1. The summed E-state index contributed by atoms with van der Waals surface area (Å²) in [4.78, 5) is 23.9. The number of nitrogens with zero attached hydrogens (tertiary/aromatic N) is 5. The van der Waals surface area contributed by atoms with E-state index in [1.165, 1.54) is 35.6 Å². The van der Waals surface area contributed by atoms with Crippen LogP contribution in [0.1, 0.15) is 57.5 Å². The molecule has 0 spiro atoms. The molecular weight excluding hydrogens is 552 g/mol. The Bertz CT molecular complexity index is 1640. The number of hydrogen-bond donors (Lipinski definition) is 1. The van der Waals surface area contributed by atoms with E-state index in [2.05, 4.69) is 14.5 Å². The van der Waals surface area contributed by atoms with E-state index in [4.69, 9.17) is 19.7 Å². The zero-order valence-electron chi connectivity index (χ0n) is 22.1. The number of carbonyl (C=O) groups is 1. The van der Waals surface area contributed by atoms with Gasteiger partial charge in [0, 0.05) is 24.2 Å². The molecule has 6 rings (SSSR count). The lowest BCUT2D eigenvalue weighted by Gasteiger charge is -2.32. The molecule has 2 saturated heterocycles. The monoisotopic (exact) mass is 579 g/mol. The van der Waals surface area contributed by atoms with Gasteiger partial charge < -0.3 is 19.1 Å². The first-order valence-corrected chi connectivity index (χ1v) is 14.2. The Morgan fingerprint density at radius 3 is 2.63 bits per heavy atom. The maximum Gasteiger partial charge on any atom is 0.346 e. The third kappa shape index (κ3) is 5.79. The highest BCUT2D eigenvalue weighted by molar-refractivity contribution is 7.20. The van der Waals surface area contributed by atoms with Gasteiger partial charge in [-0.3, -0.25) is 4.90 Å². The normalized spacial score (nSPS) is 17.8. The van der Waals surface area contributed by atoms with E-state index in [0.29, 0.717) is 49.5 Å². The lowest BCUT2D eigenvalue weighted by atomic mass is 9.92. The van der Waals surface area contributed by atoms with Crippen LogP contribution in [0, 0.1) is 23.0 Å². The maximum absolute atomic E-state index is 14.8. The van der Waals surface area contributed by atoms with Crippen LogP contribution in [0.5, 0.6) is 5.88 Å². The van der Waals surface area contributed by atoms with E-state index in [-0.39, 0.29) is 40.5 Å². The van der Waals surface area contributed by atoms with Crippen LogP contribution in [0.4, 0.5) is 8.78 Å². The largest absolute Gasteiger partial charge is 0.477 e. The van der Waals surface area contributed by atoms with Crippen LogP contribution in [-0.2, 0) is 24.4 Å². The second-order valence-electron chi connectivity index (χ2n) is 10.3. The molecule has 1 atom stereocenters. The van der Waals surface area contributed by atoms with Crippen LogP contribution in [-0.4, -0.2) is 56.3 Å². The fourth-order valence-electron chi connectivity index (χ4n) is 5.28. The summed E-state index contributed by atoms with van der Waals surface area (Å²) in [5.74, 6) is -0.904. The average molecular weight is 580 g/mol. The molecule has 0 aliphatic carbocycles. The van der Waals surface area contributed by atoms with Crippen molar-refractivity contribution in [1.82, 2.24) is 19.4 Å². The van der Waals surface area contributed by atoms with Gasteiger partial charge in [-0.15, -0.1) is 11.3 Å². The lowest BCUT2D eigenvalue weighted by Crippen LogP contribution is -2.35. The molecule has 212 valence electrons. The number of ether oxygens (including phenoxy) is 2. The minimum atomic E-state index is -0.959. The smallest absolute Gasteiger partial charge is 0.346 e. The van der Waals surface area contributed by atoms with Gasteiger partial charge in [0.05, 0.1) is 42.0 Å². The number of likely N-dealkylation sites (tertiary alicyclic amines) is 1. The summed E-state index contributed by atoms with van der Waals surface area (Å²) < 4.78 is 42.4. The number of halogens is 2. The third-order valence-electron chi connectivity index (χ3n) is 7.66. The number of nitriles is 1. The molecule has 1 N–H and O–H groups in total. The average Bonchev–Trinajstić information content (AvgIpc) is 3.49. The quantitative estimate of drug-likeness (QED) is 0.292. The van der Waals surface area contributed by atoms with Gasteiger partial charge >= 0.3 is 5.97 Å². The Morgan fingerprint density at radius 1 is 1.15 bits per heavy atom. The summed E-state index contributed by atoms with van der Waals surface area (Å²) in [6.07, 6.45) is 2.45. The second kappa shape index (κ2) is 11.5. The SMILES string of the molecule is N#Cc1ccc(COc2ccc(F)c(C3CCN(Cc4nc5sc(C(=O)O)cc5n4CC4CCO4)CC3)n2)c(F)c1. The van der Waals surface area contributed by atoms with E-state index in [1.54, 1.807) is 6.07 Å². The number of imidazole rings is 1. The number of fused-ring (bicyclic) bond motifs is 1. The van der Waals surface area contributed by atoms with Crippen molar-refractivity contribution in [3.8, 4) is 11.9 Å². The van der Waals surface area contributed by atoms with Crippen molar-refractivity contribution in [2.24, 2.45) is 0 Å². The summed E-state index contributed by atoms with van der Waals surface area (Å²) >= 11 is 1.17. The van der Waals surface area contributed by atoms with Crippen molar-refractivity contribution in [3.63, 3.8) is 0 Å². The maximum atomic E-state index is 14.8. The predicted octanol–water partition coefficient (Wildman–Crippen LogP) is 5.09. The van der Waals surface area contributed by atoms with Crippen LogP contribution in [0.2, 0.25) is 0 Å². The van der Waals surface area contributed by atoms with Gasteiger partial charge in [-0.1, -0.05) is 6.07 Å². The van der Waals surface area contributed by atoms with Crippen molar-refractivity contribution < 1.29 is 28.2 Å². The lowest BCUT2D eigenvalue weighted by molar-refractivity contribution is -0.0592. The highest BCUT2D eigenvalue weighted by Crippen LogP contribution is 2.32. The number of pyridine rings is 1. The zero-order chi connectivity index (χ0) is 28.5. The van der Waals surface area contributed by atoms with Crippen molar-refractivity contribution in [2.45, 2.75) is 51.0 Å². The van der Waals surface area contributed by atoms with E-state index in [0.717, 1.165) is 30.4 Å². The molecule has 41 heavy (non-hydrogen) atoms. The van der Waals surface area contributed by atoms with Crippen LogP contribution in [0.25, 0.3) is 10.3 Å². The van der Waals surface area contributed by atoms with Crippen LogP contribution in [0.15, 0.2) is 36.4 Å². The summed E-state index contributed by atoms with van der Waals surface area (Å²) in [6, 6.07) is 10.5. The Balaban J connectivity index is 1.11. The Kier molecular flexibility index (Phi) is 7.66. The van der Waals surface area contributed by atoms with Crippen LogP contribution >= 0.6 is 11.3 Å². The summed E-state index contributed by atoms with van der Waals surface area (Å²) in [7, 11) is 0. The number of carboxylic acids is 1. The minimum absolute atomic E-state index is 0.0853. The van der Waals surface area contributed by atoms with E-state index >= 15 is 0 Å². The first kappa shape index (κ1) is 27.3. The number of carboxylic acid groups (broad SMARTS) is 1. The first-order valence-electron chi connectivity index (χ1n) is 13.4. The first-order chi connectivity index (χ1) is 19.9. The molecule has 0 radical (unpaired) electrons. The van der Waals surface area contributed by atoms with Gasteiger partial charge in [-0.2, -0.15) is 5.26 Å². The third-order valence-corrected chi connectivity index (χ3v) is 8.67. The van der Waals surface area contributed by atoms with E-state index in [9.17, 15) is 18.7 Å². The molecule has 1 unspecified atom stereocenters. The van der Waals surface area contributed by atoms with Crippen molar-refractivity contribution in [1.29, 1.82) is 5.26 Å². The molecular formula is C29H27F2N5O4S. The van der Waals surface area contributed by atoms with Crippen molar-refractivity contribution in [2.75, 3.05) is 19.7 Å². The Morgan fingerprint density at radius 2 is 1.95 bits per heavy atom. The van der Waals surface area contributed by atoms with Gasteiger partial charge in [0.1, 0.15) is 33.8 Å². The topological polar surface area (TPSA) is 114 Å². The second-order valence-corrected chi connectivity index (χ2v) is 11.3. The molecule has 0 amide bonds. The molecule has 12 heteroatoms. The minimum Gasteiger partial charge on any atom is -0.477 e. The highest BCUT2D eigenvalue weighted by Gasteiger charge is 2.28. The molecule has 5 heterocycles. The number of thiophene rings is 1.